The van der Waals surface area contributed by atoms with Crippen molar-refractivity contribution in [2.24, 2.45) is 0 Å². The van der Waals surface area contributed by atoms with E-state index in [9.17, 15) is 9.59 Å². The van der Waals surface area contributed by atoms with Gasteiger partial charge in [-0.25, -0.2) is 4.98 Å². The minimum atomic E-state index is -0.425. The molecule has 0 spiro atoms. The number of nitrogens with one attached hydrogen (secondary N) is 1. The van der Waals surface area contributed by atoms with E-state index in [1.807, 2.05) is 24.3 Å². The van der Waals surface area contributed by atoms with Crippen LogP contribution in [0.15, 0.2) is 29.1 Å². The second kappa shape index (κ2) is 7.58. The molecule has 1 aromatic heterocycles. The summed E-state index contributed by atoms with van der Waals surface area (Å²) in [7, 11) is 1.61. The van der Waals surface area contributed by atoms with Crippen LogP contribution in [0, 0.1) is 6.92 Å². The lowest BCUT2D eigenvalue weighted by molar-refractivity contribution is -0.142. The molecule has 6 nitrogen and oxygen atoms in total. The minimum Gasteiger partial charge on any atom is -0.497 e. The standard InChI is InChI=1S/C17H20N2O4/c1-4-23-16(20)10-14-11(2)18-15(19-17(14)21)9-12-5-7-13(22-3)8-6-12/h5-8H,4,9-10H2,1-3H3,(H,18,19,21). The molecule has 23 heavy (non-hydrogen) atoms. The fourth-order valence-corrected chi connectivity index (χ4v) is 2.25. The van der Waals surface area contributed by atoms with Gasteiger partial charge in [-0.15, -0.1) is 0 Å². The summed E-state index contributed by atoms with van der Waals surface area (Å²) in [5.74, 6) is 0.909. The molecular formula is C17H20N2O4. The highest BCUT2D eigenvalue weighted by atomic mass is 16.5. The number of esters is 1. The molecule has 1 heterocycles. The Bertz CT molecular complexity index is 735. The molecule has 1 N–H and O–H groups in total. The van der Waals surface area contributed by atoms with Gasteiger partial charge in [-0.05, 0) is 31.5 Å². The number of carbonyl (C=O) groups excluding carboxylic acids is 1. The van der Waals surface area contributed by atoms with E-state index in [0.29, 0.717) is 30.1 Å². The molecule has 2 rings (SSSR count). The highest BCUT2D eigenvalue weighted by Gasteiger charge is 2.13. The second-order valence-electron chi connectivity index (χ2n) is 5.08. The molecule has 0 amide bonds. The fourth-order valence-electron chi connectivity index (χ4n) is 2.25. The fraction of sp³-hybridized carbons (Fsp3) is 0.353. The van der Waals surface area contributed by atoms with Gasteiger partial charge >= 0.3 is 5.97 Å². The summed E-state index contributed by atoms with van der Waals surface area (Å²) < 4.78 is 9.99. The molecular weight excluding hydrogens is 296 g/mol. The van der Waals surface area contributed by atoms with Crippen LogP contribution in [0.25, 0.3) is 0 Å². The second-order valence-corrected chi connectivity index (χ2v) is 5.08. The number of hydrogen-bond acceptors (Lipinski definition) is 5. The van der Waals surface area contributed by atoms with Gasteiger partial charge in [0.05, 0.1) is 20.1 Å². The number of nitrogens with zero attached hydrogens (tertiary/aromatic N) is 1. The molecule has 0 unspecified atom stereocenters. The smallest absolute Gasteiger partial charge is 0.310 e. The Hall–Kier alpha value is -2.63. The van der Waals surface area contributed by atoms with Crippen LogP contribution >= 0.6 is 0 Å². The Kier molecular flexibility index (Phi) is 5.51. The van der Waals surface area contributed by atoms with Crippen LogP contribution < -0.4 is 10.3 Å². The number of aryl methyl sites for hydroxylation is 1. The van der Waals surface area contributed by atoms with Crippen molar-refractivity contribution in [2.75, 3.05) is 13.7 Å². The van der Waals surface area contributed by atoms with Crippen LogP contribution in [-0.2, 0) is 22.4 Å². The van der Waals surface area contributed by atoms with Gasteiger partial charge in [0, 0.05) is 17.7 Å². The molecule has 0 atom stereocenters. The molecule has 122 valence electrons. The van der Waals surface area contributed by atoms with Crippen LogP contribution in [-0.4, -0.2) is 29.7 Å². The summed E-state index contributed by atoms with van der Waals surface area (Å²) in [6.45, 7) is 3.74. The maximum atomic E-state index is 12.2. The zero-order chi connectivity index (χ0) is 16.8. The lowest BCUT2D eigenvalue weighted by Crippen LogP contribution is -2.22. The molecule has 0 aliphatic rings. The first kappa shape index (κ1) is 16.7. The third-order valence-electron chi connectivity index (χ3n) is 3.43. The van der Waals surface area contributed by atoms with Crippen molar-refractivity contribution in [3.63, 3.8) is 0 Å². The summed E-state index contributed by atoms with van der Waals surface area (Å²) in [4.78, 5) is 30.8. The Morgan fingerprint density at radius 2 is 1.96 bits per heavy atom. The van der Waals surface area contributed by atoms with Crippen molar-refractivity contribution in [2.45, 2.75) is 26.7 Å². The van der Waals surface area contributed by atoms with E-state index in [4.69, 9.17) is 9.47 Å². The first-order valence-electron chi connectivity index (χ1n) is 7.40. The summed E-state index contributed by atoms with van der Waals surface area (Å²) in [5.41, 5.74) is 1.60. The summed E-state index contributed by atoms with van der Waals surface area (Å²) in [6, 6.07) is 7.55. The predicted octanol–water partition coefficient (Wildman–Crippen LogP) is 1.78. The molecule has 0 fully saturated rings. The van der Waals surface area contributed by atoms with Crippen molar-refractivity contribution >= 4 is 5.97 Å². The molecule has 0 saturated heterocycles. The lowest BCUT2D eigenvalue weighted by atomic mass is 10.1. The highest BCUT2D eigenvalue weighted by molar-refractivity contribution is 5.72. The van der Waals surface area contributed by atoms with E-state index in [0.717, 1.165) is 11.3 Å². The van der Waals surface area contributed by atoms with Gasteiger partial charge in [0.25, 0.3) is 5.56 Å². The molecule has 0 radical (unpaired) electrons. The summed E-state index contributed by atoms with van der Waals surface area (Å²) in [5, 5.41) is 0. The van der Waals surface area contributed by atoms with Crippen molar-refractivity contribution in [1.29, 1.82) is 0 Å². The average molecular weight is 316 g/mol. The van der Waals surface area contributed by atoms with Crippen molar-refractivity contribution in [3.8, 4) is 5.75 Å². The molecule has 1 aromatic carbocycles. The normalized spacial score (nSPS) is 10.4. The molecule has 0 saturated carbocycles. The van der Waals surface area contributed by atoms with Gasteiger partial charge in [-0.1, -0.05) is 12.1 Å². The molecule has 0 bridgehead atoms. The van der Waals surface area contributed by atoms with Crippen molar-refractivity contribution in [3.05, 3.63) is 57.3 Å². The number of H-pyrrole nitrogens is 1. The number of carbonyl (C=O) groups is 1. The van der Waals surface area contributed by atoms with E-state index in [1.165, 1.54) is 0 Å². The zero-order valence-electron chi connectivity index (χ0n) is 13.5. The first-order valence-corrected chi connectivity index (χ1v) is 7.40. The summed E-state index contributed by atoms with van der Waals surface area (Å²) >= 11 is 0. The molecule has 0 aliphatic heterocycles. The highest BCUT2D eigenvalue weighted by Crippen LogP contribution is 2.13. The number of aromatic nitrogens is 2. The van der Waals surface area contributed by atoms with E-state index in [2.05, 4.69) is 9.97 Å². The monoisotopic (exact) mass is 316 g/mol. The SMILES string of the molecule is CCOC(=O)Cc1c(C)nc(Cc2ccc(OC)cc2)[nH]c1=O. The first-order chi connectivity index (χ1) is 11.0. The van der Waals surface area contributed by atoms with Crippen molar-refractivity contribution < 1.29 is 14.3 Å². The largest absolute Gasteiger partial charge is 0.497 e. The Morgan fingerprint density at radius 3 is 2.52 bits per heavy atom. The predicted molar refractivity (Wildman–Crippen MR) is 85.7 cm³/mol. The molecule has 0 aliphatic carbocycles. The van der Waals surface area contributed by atoms with Gasteiger partial charge in [0.2, 0.25) is 0 Å². The van der Waals surface area contributed by atoms with E-state index < -0.39 is 5.97 Å². The number of methoxy groups -OCH3 is 1. The maximum Gasteiger partial charge on any atom is 0.310 e. The maximum absolute atomic E-state index is 12.2. The quantitative estimate of drug-likeness (QED) is 0.822. The number of benzene rings is 1. The lowest BCUT2D eigenvalue weighted by Gasteiger charge is -2.08. The van der Waals surface area contributed by atoms with Gasteiger partial charge in [0.1, 0.15) is 11.6 Å². The Morgan fingerprint density at radius 1 is 1.26 bits per heavy atom. The number of rotatable bonds is 6. The van der Waals surface area contributed by atoms with Gasteiger partial charge in [0.15, 0.2) is 0 Å². The topological polar surface area (TPSA) is 81.3 Å². The number of ether oxygens (including phenoxy) is 2. The molecule has 2 aromatic rings. The zero-order valence-corrected chi connectivity index (χ0v) is 13.5. The van der Waals surface area contributed by atoms with E-state index in [-0.39, 0.29) is 12.0 Å². The Labute approximate surface area is 134 Å². The van der Waals surface area contributed by atoms with Crippen molar-refractivity contribution in [1.82, 2.24) is 9.97 Å². The van der Waals surface area contributed by atoms with Crippen LogP contribution in [0.5, 0.6) is 5.75 Å². The van der Waals surface area contributed by atoms with E-state index in [1.54, 1.807) is 21.0 Å². The summed E-state index contributed by atoms with van der Waals surface area (Å²) in [6.07, 6.45) is 0.435. The molecule has 6 heteroatoms. The van der Waals surface area contributed by atoms with Gasteiger partial charge < -0.3 is 14.5 Å². The average Bonchev–Trinajstić information content (AvgIpc) is 2.52. The number of hydrogen-bond donors (Lipinski definition) is 1. The van der Waals surface area contributed by atoms with E-state index >= 15 is 0 Å². The van der Waals surface area contributed by atoms with Crippen LogP contribution in [0.2, 0.25) is 0 Å². The third-order valence-corrected chi connectivity index (χ3v) is 3.43. The van der Waals surface area contributed by atoms with Crippen LogP contribution in [0.4, 0.5) is 0 Å². The third kappa shape index (κ3) is 4.42. The van der Waals surface area contributed by atoms with Crippen LogP contribution in [0.1, 0.15) is 29.6 Å². The van der Waals surface area contributed by atoms with Crippen LogP contribution in [0.3, 0.4) is 0 Å². The van der Waals surface area contributed by atoms with Gasteiger partial charge in [-0.2, -0.15) is 0 Å². The van der Waals surface area contributed by atoms with Gasteiger partial charge in [-0.3, -0.25) is 9.59 Å². The number of aromatic amines is 1. The minimum absolute atomic E-state index is 0.0647. The Balaban J connectivity index is 2.18.